The number of carbonyl (C=O) groups is 2. The second-order valence-corrected chi connectivity index (χ2v) is 8.16. The lowest BCUT2D eigenvalue weighted by Gasteiger charge is -2.47. The summed E-state index contributed by atoms with van der Waals surface area (Å²) in [6.07, 6.45) is 1.41. The Kier molecular flexibility index (Phi) is 4.19. The first kappa shape index (κ1) is 18.0. The monoisotopic (exact) mass is 387 g/mol. The van der Waals surface area contributed by atoms with Gasteiger partial charge in [-0.3, -0.25) is 9.59 Å². The highest BCUT2D eigenvalue weighted by molar-refractivity contribution is 5.97. The van der Waals surface area contributed by atoms with Crippen LogP contribution in [0, 0.1) is 6.92 Å². The number of nitrogens with zero attached hydrogens (tertiary/aromatic N) is 2. The van der Waals surface area contributed by atoms with E-state index in [9.17, 15) is 9.59 Å². The molecule has 148 valence electrons. The number of fused-ring (bicyclic) bond motifs is 4. The highest BCUT2D eigenvalue weighted by Gasteiger charge is 2.47. The second kappa shape index (κ2) is 6.76. The van der Waals surface area contributed by atoms with Crippen LogP contribution in [0.25, 0.3) is 10.9 Å². The van der Waals surface area contributed by atoms with Crippen LogP contribution in [0.4, 0.5) is 0 Å². The fraction of sp³-hybridized carbons (Fsp3) is 0.333. The topological polar surface area (TPSA) is 56.4 Å². The molecule has 2 aromatic carbocycles. The smallest absolute Gasteiger partial charge is 0.246 e. The van der Waals surface area contributed by atoms with Crippen LogP contribution < -0.4 is 0 Å². The molecule has 0 radical (unpaired) electrons. The molecular weight excluding hydrogens is 362 g/mol. The molecule has 5 rings (SSSR count). The van der Waals surface area contributed by atoms with Gasteiger partial charge in [-0.05, 0) is 30.5 Å². The van der Waals surface area contributed by atoms with Crippen molar-refractivity contribution in [3.05, 3.63) is 70.9 Å². The molecule has 2 aliphatic rings. The molecular formula is C24H25N3O2. The van der Waals surface area contributed by atoms with Gasteiger partial charge in [0.1, 0.15) is 6.04 Å². The lowest BCUT2D eigenvalue weighted by Crippen LogP contribution is -2.63. The highest BCUT2D eigenvalue weighted by Crippen LogP contribution is 2.42. The second-order valence-electron chi connectivity index (χ2n) is 8.16. The quantitative estimate of drug-likeness (QED) is 0.747. The van der Waals surface area contributed by atoms with E-state index < -0.39 is 6.04 Å². The third kappa shape index (κ3) is 2.76. The first-order valence-corrected chi connectivity index (χ1v) is 10.3. The number of aryl methyl sites for hydroxylation is 1. The molecule has 29 heavy (non-hydrogen) atoms. The number of aromatic amines is 1. The number of carbonyl (C=O) groups excluding carboxylic acids is 2. The van der Waals surface area contributed by atoms with E-state index in [0.717, 1.165) is 34.1 Å². The molecule has 5 heteroatoms. The number of hydrogen-bond donors (Lipinski definition) is 1. The standard InChI is InChI=1S/C24H25N3O2/c1-3-12-26-14-21(28)27-20(24(26)29)13-18-17-6-4-5-7-19(17)25-22(18)23(27)16-10-8-15(2)9-11-16/h4-11,20,23,25H,3,12-14H2,1-2H3/t20-,23-/m0/s1. The predicted molar refractivity (Wildman–Crippen MR) is 113 cm³/mol. The molecule has 1 aromatic heterocycles. The van der Waals surface area contributed by atoms with Gasteiger partial charge in [0, 0.05) is 29.6 Å². The van der Waals surface area contributed by atoms with Crippen LogP contribution in [-0.4, -0.2) is 45.7 Å². The zero-order valence-corrected chi connectivity index (χ0v) is 16.8. The van der Waals surface area contributed by atoms with Crippen molar-refractivity contribution in [2.24, 2.45) is 0 Å². The van der Waals surface area contributed by atoms with E-state index in [4.69, 9.17) is 0 Å². The summed E-state index contributed by atoms with van der Waals surface area (Å²) < 4.78 is 0. The Labute approximate surface area is 170 Å². The molecule has 2 amide bonds. The van der Waals surface area contributed by atoms with Gasteiger partial charge in [0.05, 0.1) is 12.6 Å². The average Bonchev–Trinajstić information content (AvgIpc) is 3.10. The van der Waals surface area contributed by atoms with E-state index in [1.54, 1.807) is 4.90 Å². The molecule has 1 N–H and O–H groups in total. The Morgan fingerprint density at radius 3 is 2.59 bits per heavy atom. The average molecular weight is 387 g/mol. The largest absolute Gasteiger partial charge is 0.356 e. The Morgan fingerprint density at radius 2 is 1.83 bits per heavy atom. The van der Waals surface area contributed by atoms with Crippen molar-refractivity contribution in [2.75, 3.05) is 13.1 Å². The van der Waals surface area contributed by atoms with Gasteiger partial charge in [-0.25, -0.2) is 0 Å². The Hall–Kier alpha value is -3.08. The SMILES string of the molecule is CCCN1CC(=O)N2[C@@H](c3ccc(C)cc3)c3[nH]c4ccccc4c3C[C@H]2C1=O. The van der Waals surface area contributed by atoms with Crippen molar-refractivity contribution in [3.8, 4) is 0 Å². The summed E-state index contributed by atoms with van der Waals surface area (Å²) in [4.78, 5) is 33.7. The number of rotatable bonds is 3. The van der Waals surface area contributed by atoms with Crippen LogP contribution in [0.1, 0.15) is 41.8 Å². The summed E-state index contributed by atoms with van der Waals surface area (Å²) in [5, 5.41) is 1.15. The van der Waals surface area contributed by atoms with Crippen LogP contribution >= 0.6 is 0 Å². The van der Waals surface area contributed by atoms with Gasteiger partial charge >= 0.3 is 0 Å². The predicted octanol–water partition coefficient (Wildman–Crippen LogP) is 3.57. The van der Waals surface area contributed by atoms with Gasteiger partial charge in [0.2, 0.25) is 11.8 Å². The molecule has 0 saturated carbocycles. The van der Waals surface area contributed by atoms with Crippen LogP contribution in [0.15, 0.2) is 48.5 Å². The lowest BCUT2D eigenvalue weighted by molar-refractivity contribution is -0.158. The fourth-order valence-electron chi connectivity index (χ4n) is 4.88. The molecule has 0 unspecified atom stereocenters. The molecule has 0 aliphatic carbocycles. The van der Waals surface area contributed by atoms with Gasteiger partial charge in [0.15, 0.2) is 0 Å². The van der Waals surface area contributed by atoms with Crippen molar-refractivity contribution in [1.82, 2.24) is 14.8 Å². The minimum atomic E-state index is -0.444. The molecule has 5 nitrogen and oxygen atoms in total. The summed E-state index contributed by atoms with van der Waals surface area (Å²) >= 11 is 0. The molecule has 0 bridgehead atoms. The molecule has 0 spiro atoms. The van der Waals surface area contributed by atoms with Crippen molar-refractivity contribution >= 4 is 22.7 Å². The Morgan fingerprint density at radius 1 is 1.07 bits per heavy atom. The van der Waals surface area contributed by atoms with Crippen LogP contribution in [0.2, 0.25) is 0 Å². The molecule has 2 atom stereocenters. The number of aromatic nitrogens is 1. The number of amides is 2. The minimum Gasteiger partial charge on any atom is -0.356 e. The number of nitrogens with one attached hydrogen (secondary N) is 1. The third-order valence-electron chi connectivity index (χ3n) is 6.23. The van der Waals surface area contributed by atoms with E-state index in [1.807, 2.05) is 24.0 Å². The van der Waals surface area contributed by atoms with E-state index in [1.165, 1.54) is 5.56 Å². The molecule has 2 aliphatic heterocycles. The van der Waals surface area contributed by atoms with Crippen LogP contribution in [0.3, 0.4) is 0 Å². The first-order chi connectivity index (χ1) is 14.1. The van der Waals surface area contributed by atoms with Crippen LogP contribution in [0.5, 0.6) is 0 Å². The van der Waals surface area contributed by atoms with Crippen molar-refractivity contribution in [2.45, 2.75) is 38.8 Å². The molecule has 1 fully saturated rings. The number of piperazine rings is 1. The summed E-state index contributed by atoms with van der Waals surface area (Å²) in [7, 11) is 0. The van der Waals surface area contributed by atoms with E-state index in [0.29, 0.717) is 13.0 Å². The normalized spacial score (nSPS) is 21.4. The van der Waals surface area contributed by atoms with Crippen molar-refractivity contribution in [3.63, 3.8) is 0 Å². The zero-order valence-electron chi connectivity index (χ0n) is 16.8. The van der Waals surface area contributed by atoms with Crippen LogP contribution in [-0.2, 0) is 16.0 Å². The van der Waals surface area contributed by atoms with Gasteiger partial charge in [0.25, 0.3) is 0 Å². The molecule has 1 saturated heterocycles. The third-order valence-corrected chi connectivity index (χ3v) is 6.23. The lowest BCUT2D eigenvalue weighted by atomic mass is 9.86. The zero-order chi connectivity index (χ0) is 20.1. The minimum absolute atomic E-state index is 0.0259. The summed E-state index contributed by atoms with van der Waals surface area (Å²) in [6, 6.07) is 15.8. The maximum atomic E-state index is 13.3. The maximum absolute atomic E-state index is 13.3. The van der Waals surface area contributed by atoms with Crippen molar-refractivity contribution < 1.29 is 9.59 Å². The van der Waals surface area contributed by atoms with Gasteiger partial charge in [-0.1, -0.05) is 55.0 Å². The molecule has 3 aromatic rings. The number of benzene rings is 2. The number of para-hydroxylation sites is 1. The number of H-pyrrole nitrogens is 1. The van der Waals surface area contributed by atoms with Gasteiger partial charge in [-0.2, -0.15) is 0 Å². The van der Waals surface area contributed by atoms with Crippen molar-refractivity contribution in [1.29, 1.82) is 0 Å². The summed E-state index contributed by atoms with van der Waals surface area (Å²) in [5.74, 6) is 0.0948. The van der Waals surface area contributed by atoms with Gasteiger partial charge < -0.3 is 14.8 Å². The number of hydrogen-bond acceptors (Lipinski definition) is 2. The van der Waals surface area contributed by atoms with E-state index in [2.05, 4.69) is 48.3 Å². The first-order valence-electron chi connectivity index (χ1n) is 10.3. The van der Waals surface area contributed by atoms with Gasteiger partial charge in [-0.15, -0.1) is 0 Å². The maximum Gasteiger partial charge on any atom is 0.246 e. The Bertz CT molecular complexity index is 1100. The van der Waals surface area contributed by atoms with E-state index in [-0.39, 0.29) is 24.4 Å². The van der Waals surface area contributed by atoms with E-state index >= 15 is 0 Å². The summed E-state index contributed by atoms with van der Waals surface area (Å²) in [6.45, 7) is 4.89. The molecule has 3 heterocycles. The Balaban J connectivity index is 1.70. The summed E-state index contributed by atoms with van der Waals surface area (Å²) in [5.41, 5.74) is 5.47. The highest BCUT2D eigenvalue weighted by atomic mass is 16.2. The fourth-order valence-corrected chi connectivity index (χ4v) is 4.88.